The zero-order valence-electron chi connectivity index (χ0n) is 11.1. The molecule has 1 atom stereocenters. The van der Waals surface area contributed by atoms with Gasteiger partial charge in [0.25, 0.3) is 0 Å². The Kier molecular flexibility index (Phi) is 4.38. The Morgan fingerprint density at radius 3 is 2.78 bits per heavy atom. The SMILES string of the molecule is C[C@H](NCC(=O)N1CCN(C)CC1)c1ccco1. The Morgan fingerprint density at radius 1 is 1.44 bits per heavy atom. The zero-order chi connectivity index (χ0) is 13.0. The molecule has 0 saturated carbocycles. The van der Waals surface area contributed by atoms with Crippen molar-refractivity contribution in [1.29, 1.82) is 0 Å². The lowest BCUT2D eigenvalue weighted by molar-refractivity contribution is -0.131. The lowest BCUT2D eigenvalue weighted by atomic mass is 10.2. The van der Waals surface area contributed by atoms with Gasteiger partial charge < -0.3 is 14.2 Å². The largest absolute Gasteiger partial charge is 0.468 e. The van der Waals surface area contributed by atoms with Gasteiger partial charge in [0.2, 0.25) is 5.91 Å². The van der Waals surface area contributed by atoms with Crippen molar-refractivity contribution < 1.29 is 9.21 Å². The number of furan rings is 1. The van der Waals surface area contributed by atoms with E-state index in [0.29, 0.717) is 6.54 Å². The Morgan fingerprint density at radius 2 is 2.17 bits per heavy atom. The average Bonchev–Trinajstić information content (AvgIpc) is 2.90. The highest BCUT2D eigenvalue weighted by atomic mass is 16.3. The number of rotatable bonds is 4. The fourth-order valence-electron chi connectivity index (χ4n) is 2.05. The van der Waals surface area contributed by atoms with Crippen LogP contribution in [0, 0.1) is 0 Å². The van der Waals surface area contributed by atoms with Gasteiger partial charge in [-0.25, -0.2) is 0 Å². The van der Waals surface area contributed by atoms with Gasteiger partial charge in [-0.15, -0.1) is 0 Å². The lowest BCUT2D eigenvalue weighted by Crippen LogP contribution is -2.49. The van der Waals surface area contributed by atoms with Gasteiger partial charge in [-0.3, -0.25) is 10.1 Å². The molecular weight excluding hydrogens is 230 g/mol. The van der Waals surface area contributed by atoms with Crippen molar-refractivity contribution in [3.63, 3.8) is 0 Å². The smallest absolute Gasteiger partial charge is 0.236 e. The number of hydrogen-bond donors (Lipinski definition) is 1. The molecule has 0 spiro atoms. The van der Waals surface area contributed by atoms with Crippen LogP contribution in [0.15, 0.2) is 22.8 Å². The molecule has 1 saturated heterocycles. The minimum absolute atomic E-state index is 0.0661. The number of hydrogen-bond acceptors (Lipinski definition) is 4. The second-order valence-electron chi connectivity index (χ2n) is 4.80. The van der Waals surface area contributed by atoms with E-state index in [1.54, 1.807) is 6.26 Å². The van der Waals surface area contributed by atoms with Crippen LogP contribution in [-0.4, -0.2) is 55.5 Å². The molecule has 100 valence electrons. The molecule has 1 aliphatic rings. The van der Waals surface area contributed by atoms with E-state index < -0.39 is 0 Å². The Balaban J connectivity index is 1.75. The van der Waals surface area contributed by atoms with Gasteiger partial charge >= 0.3 is 0 Å². The van der Waals surface area contributed by atoms with E-state index in [0.717, 1.165) is 31.9 Å². The monoisotopic (exact) mass is 251 g/mol. The van der Waals surface area contributed by atoms with Gasteiger partial charge in [0.15, 0.2) is 0 Å². The molecule has 0 bridgehead atoms. The van der Waals surface area contributed by atoms with Crippen molar-refractivity contribution in [2.75, 3.05) is 39.8 Å². The molecule has 1 aromatic rings. The Labute approximate surface area is 108 Å². The number of nitrogens with one attached hydrogen (secondary N) is 1. The first-order valence-electron chi connectivity index (χ1n) is 6.40. The molecule has 1 amide bonds. The third-order valence-corrected chi connectivity index (χ3v) is 3.39. The van der Waals surface area contributed by atoms with Crippen LogP contribution in [0.4, 0.5) is 0 Å². The maximum atomic E-state index is 12.0. The fraction of sp³-hybridized carbons (Fsp3) is 0.615. The van der Waals surface area contributed by atoms with Gasteiger partial charge in [-0.2, -0.15) is 0 Å². The summed E-state index contributed by atoms with van der Waals surface area (Å²) in [4.78, 5) is 16.2. The van der Waals surface area contributed by atoms with Crippen molar-refractivity contribution in [3.8, 4) is 0 Å². The Bertz CT molecular complexity index is 370. The standard InChI is InChI=1S/C13H21N3O2/c1-11(12-4-3-9-18-12)14-10-13(17)16-7-5-15(2)6-8-16/h3-4,9,11,14H,5-8,10H2,1-2H3/t11-/m0/s1. The fourth-order valence-corrected chi connectivity index (χ4v) is 2.05. The van der Waals surface area contributed by atoms with Crippen LogP contribution in [0.25, 0.3) is 0 Å². The first kappa shape index (κ1) is 13.1. The molecule has 1 aliphatic heterocycles. The van der Waals surface area contributed by atoms with Gasteiger partial charge in [-0.05, 0) is 26.1 Å². The van der Waals surface area contributed by atoms with Gasteiger partial charge in [0, 0.05) is 26.2 Å². The Hall–Kier alpha value is -1.33. The van der Waals surface area contributed by atoms with E-state index in [9.17, 15) is 4.79 Å². The minimum atomic E-state index is 0.0661. The van der Waals surface area contributed by atoms with Crippen LogP contribution >= 0.6 is 0 Å². The third kappa shape index (κ3) is 3.34. The topological polar surface area (TPSA) is 48.7 Å². The van der Waals surface area contributed by atoms with Crippen LogP contribution in [0.1, 0.15) is 18.7 Å². The summed E-state index contributed by atoms with van der Waals surface area (Å²) in [6, 6.07) is 3.84. The number of carbonyl (C=O) groups is 1. The number of carbonyl (C=O) groups excluding carboxylic acids is 1. The molecule has 1 fully saturated rings. The van der Waals surface area contributed by atoms with Crippen molar-refractivity contribution in [2.24, 2.45) is 0 Å². The first-order valence-corrected chi connectivity index (χ1v) is 6.40. The summed E-state index contributed by atoms with van der Waals surface area (Å²) in [5.74, 6) is 1.03. The highest BCUT2D eigenvalue weighted by molar-refractivity contribution is 5.78. The molecule has 1 aromatic heterocycles. The van der Waals surface area contributed by atoms with Crippen LogP contribution in [0.2, 0.25) is 0 Å². The van der Waals surface area contributed by atoms with Crippen molar-refractivity contribution in [1.82, 2.24) is 15.1 Å². The van der Waals surface area contributed by atoms with Gasteiger partial charge in [-0.1, -0.05) is 0 Å². The van der Waals surface area contributed by atoms with Crippen molar-refractivity contribution in [3.05, 3.63) is 24.2 Å². The average molecular weight is 251 g/mol. The van der Waals surface area contributed by atoms with Gasteiger partial charge in [0.1, 0.15) is 5.76 Å². The van der Waals surface area contributed by atoms with Gasteiger partial charge in [0.05, 0.1) is 18.8 Å². The minimum Gasteiger partial charge on any atom is -0.468 e. The van der Waals surface area contributed by atoms with Crippen molar-refractivity contribution in [2.45, 2.75) is 13.0 Å². The molecule has 0 aromatic carbocycles. The number of nitrogens with zero attached hydrogens (tertiary/aromatic N) is 2. The maximum Gasteiger partial charge on any atom is 0.236 e. The summed E-state index contributed by atoms with van der Waals surface area (Å²) >= 11 is 0. The summed E-state index contributed by atoms with van der Waals surface area (Å²) in [6.45, 7) is 5.93. The lowest BCUT2D eigenvalue weighted by Gasteiger charge is -2.32. The molecule has 0 radical (unpaired) electrons. The van der Waals surface area contributed by atoms with E-state index in [1.165, 1.54) is 0 Å². The molecule has 1 N–H and O–H groups in total. The number of amides is 1. The summed E-state index contributed by atoms with van der Waals surface area (Å²) in [6.07, 6.45) is 1.65. The maximum absolute atomic E-state index is 12.0. The van der Waals surface area contributed by atoms with E-state index in [4.69, 9.17) is 4.42 Å². The van der Waals surface area contributed by atoms with E-state index in [2.05, 4.69) is 17.3 Å². The first-order chi connectivity index (χ1) is 8.66. The highest BCUT2D eigenvalue weighted by Crippen LogP contribution is 2.11. The predicted octanol–water partition coefficient (Wildman–Crippen LogP) is 0.704. The van der Waals surface area contributed by atoms with Crippen LogP contribution in [0.3, 0.4) is 0 Å². The number of likely N-dealkylation sites (N-methyl/N-ethyl adjacent to an activating group) is 1. The predicted molar refractivity (Wildman–Crippen MR) is 69.2 cm³/mol. The summed E-state index contributed by atoms with van der Waals surface area (Å²) in [7, 11) is 2.08. The molecule has 2 rings (SSSR count). The highest BCUT2D eigenvalue weighted by Gasteiger charge is 2.19. The molecule has 0 aliphatic carbocycles. The van der Waals surface area contributed by atoms with Crippen LogP contribution < -0.4 is 5.32 Å². The van der Waals surface area contributed by atoms with Crippen LogP contribution in [-0.2, 0) is 4.79 Å². The second kappa shape index (κ2) is 6.02. The third-order valence-electron chi connectivity index (χ3n) is 3.39. The summed E-state index contributed by atoms with van der Waals surface area (Å²) in [5, 5.41) is 3.19. The molecule has 18 heavy (non-hydrogen) atoms. The summed E-state index contributed by atoms with van der Waals surface area (Å²) < 4.78 is 5.29. The number of piperazine rings is 1. The van der Waals surface area contributed by atoms with E-state index >= 15 is 0 Å². The van der Waals surface area contributed by atoms with Crippen molar-refractivity contribution >= 4 is 5.91 Å². The normalized spacial score (nSPS) is 18.9. The molecule has 5 nitrogen and oxygen atoms in total. The molecular formula is C13H21N3O2. The zero-order valence-corrected chi connectivity index (χ0v) is 11.1. The molecule has 5 heteroatoms. The molecule has 2 heterocycles. The van der Waals surface area contributed by atoms with E-state index in [1.807, 2.05) is 24.0 Å². The quantitative estimate of drug-likeness (QED) is 0.856. The van der Waals surface area contributed by atoms with E-state index in [-0.39, 0.29) is 11.9 Å². The van der Waals surface area contributed by atoms with Crippen LogP contribution in [0.5, 0.6) is 0 Å². The summed E-state index contributed by atoms with van der Waals surface area (Å²) in [5.41, 5.74) is 0. The second-order valence-corrected chi connectivity index (χ2v) is 4.80. The molecule has 0 unspecified atom stereocenters.